The summed E-state index contributed by atoms with van der Waals surface area (Å²) in [6, 6.07) is 13.0. The van der Waals surface area contributed by atoms with Crippen LogP contribution in [-0.4, -0.2) is 49.5 Å². The third-order valence-corrected chi connectivity index (χ3v) is 4.41. The number of nitrogens with zero attached hydrogens (tertiary/aromatic N) is 1. The molecule has 0 saturated heterocycles. The van der Waals surface area contributed by atoms with Gasteiger partial charge in [-0.2, -0.15) is 0 Å². The van der Waals surface area contributed by atoms with Crippen LogP contribution in [0.1, 0.15) is 23.6 Å². The Morgan fingerprint density at radius 3 is 2.45 bits per heavy atom. The molecule has 0 bridgehead atoms. The molecule has 0 aliphatic carbocycles. The van der Waals surface area contributed by atoms with Gasteiger partial charge in [0.25, 0.3) is 5.91 Å². The van der Waals surface area contributed by atoms with Crippen LogP contribution in [0, 0.1) is 13.8 Å². The number of anilines is 1. The third kappa shape index (κ3) is 7.97. The maximum atomic E-state index is 12.2. The first-order valence-electron chi connectivity index (χ1n) is 9.97. The summed E-state index contributed by atoms with van der Waals surface area (Å²) in [4.78, 5) is 37.5. The molecule has 0 unspecified atom stereocenters. The first-order valence-corrected chi connectivity index (χ1v) is 9.97. The summed E-state index contributed by atoms with van der Waals surface area (Å²) in [5.41, 5.74) is 3.46. The number of nitrogens with one attached hydrogen (secondary N) is 1. The Labute approximate surface area is 182 Å². The molecule has 0 aromatic heterocycles. The van der Waals surface area contributed by atoms with Gasteiger partial charge in [0.15, 0.2) is 6.61 Å². The van der Waals surface area contributed by atoms with Gasteiger partial charge in [-0.15, -0.1) is 0 Å². The van der Waals surface area contributed by atoms with Crippen molar-refractivity contribution in [3.8, 4) is 5.75 Å². The zero-order valence-electron chi connectivity index (χ0n) is 18.3. The average molecular weight is 424 g/mol. The Hall–Kier alpha value is -3.61. The van der Waals surface area contributed by atoms with E-state index in [0.29, 0.717) is 12.3 Å². The number of hydrogen-bond donors (Lipinski definition) is 1. The second-order valence-electron chi connectivity index (χ2n) is 7.06. The molecular weight excluding hydrogens is 396 g/mol. The lowest BCUT2D eigenvalue weighted by Gasteiger charge is -2.17. The van der Waals surface area contributed by atoms with E-state index in [1.54, 1.807) is 18.2 Å². The number of amides is 2. The molecule has 0 heterocycles. The number of esters is 1. The van der Waals surface area contributed by atoms with E-state index in [0.717, 1.165) is 22.4 Å². The van der Waals surface area contributed by atoms with E-state index in [1.807, 2.05) is 51.1 Å². The molecule has 7 heteroatoms. The van der Waals surface area contributed by atoms with Gasteiger partial charge in [0, 0.05) is 18.8 Å². The number of carbonyl (C=O) groups is 3. The molecule has 2 aromatic carbocycles. The highest BCUT2D eigenvalue weighted by molar-refractivity contribution is 5.95. The summed E-state index contributed by atoms with van der Waals surface area (Å²) in [6.07, 6.45) is 2.83. The largest absolute Gasteiger partial charge is 0.494 e. The van der Waals surface area contributed by atoms with Crippen molar-refractivity contribution in [2.45, 2.75) is 20.8 Å². The van der Waals surface area contributed by atoms with Gasteiger partial charge < -0.3 is 19.7 Å². The second kappa shape index (κ2) is 11.5. The zero-order valence-corrected chi connectivity index (χ0v) is 18.3. The van der Waals surface area contributed by atoms with Crippen LogP contribution in [-0.2, 0) is 19.1 Å². The molecule has 0 saturated carbocycles. The van der Waals surface area contributed by atoms with Crippen molar-refractivity contribution in [2.24, 2.45) is 0 Å². The van der Waals surface area contributed by atoms with Crippen molar-refractivity contribution in [2.75, 3.05) is 32.1 Å². The van der Waals surface area contributed by atoms with E-state index in [-0.39, 0.29) is 12.5 Å². The van der Waals surface area contributed by atoms with Crippen LogP contribution < -0.4 is 10.1 Å². The predicted octanol–water partition coefficient (Wildman–Crippen LogP) is 3.36. The standard InChI is InChI=1S/C24H28N2O5/c1-5-30-20-11-8-19(9-12-20)10-13-24(29)31-16-23(28)26(4)15-22(27)25-21-14-17(2)6-7-18(21)3/h6-14H,5,15-16H2,1-4H3,(H,25,27)/b13-10+. The Bertz CT molecular complexity index is 951. The molecule has 0 atom stereocenters. The number of hydrogen-bond acceptors (Lipinski definition) is 5. The van der Waals surface area contributed by atoms with Crippen LogP contribution in [0.4, 0.5) is 5.69 Å². The molecular formula is C24H28N2O5. The molecule has 2 rings (SSSR count). The minimum atomic E-state index is -0.643. The van der Waals surface area contributed by atoms with Crippen LogP contribution in [0.5, 0.6) is 5.75 Å². The van der Waals surface area contributed by atoms with Gasteiger partial charge in [0.2, 0.25) is 5.91 Å². The molecule has 164 valence electrons. The average Bonchev–Trinajstić information content (AvgIpc) is 2.74. The molecule has 0 aliphatic rings. The number of benzene rings is 2. The van der Waals surface area contributed by atoms with Gasteiger partial charge >= 0.3 is 5.97 Å². The summed E-state index contributed by atoms with van der Waals surface area (Å²) in [6.45, 7) is 5.72. The summed E-state index contributed by atoms with van der Waals surface area (Å²) in [7, 11) is 1.48. The van der Waals surface area contributed by atoms with Crippen molar-refractivity contribution in [1.29, 1.82) is 0 Å². The first kappa shape index (κ1) is 23.7. The van der Waals surface area contributed by atoms with Crippen molar-refractivity contribution < 1.29 is 23.9 Å². The van der Waals surface area contributed by atoms with Crippen LogP contribution in [0.15, 0.2) is 48.5 Å². The Kier molecular flexibility index (Phi) is 8.81. The second-order valence-corrected chi connectivity index (χ2v) is 7.06. The molecule has 2 amide bonds. The smallest absolute Gasteiger partial charge is 0.331 e. The van der Waals surface area contributed by atoms with Crippen molar-refractivity contribution in [3.05, 3.63) is 65.2 Å². The fourth-order valence-corrected chi connectivity index (χ4v) is 2.66. The van der Waals surface area contributed by atoms with Gasteiger partial charge in [0.05, 0.1) is 13.2 Å². The number of likely N-dealkylation sites (N-methyl/N-ethyl adjacent to an activating group) is 1. The minimum Gasteiger partial charge on any atom is -0.494 e. The monoisotopic (exact) mass is 424 g/mol. The Morgan fingerprint density at radius 1 is 1.06 bits per heavy atom. The molecule has 0 spiro atoms. The number of ether oxygens (including phenoxy) is 2. The fraction of sp³-hybridized carbons (Fsp3) is 0.292. The zero-order chi connectivity index (χ0) is 22.8. The summed E-state index contributed by atoms with van der Waals surface area (Å²) < 4.78 is 10.3. The Morgan fingerprint density at radius 2 is 1.77 bits per heavy atom. The van der Waals surface area contributed by atoms with Gasteiger partial charge in [0.1, 0.15) is 5.75 Å². The normalized spacial score (nSPS) is 10.6. The van der Waals surface area contributed by atoms with Crippen molar-refractivity contribution in [3.63, 3.8) is 0 Å². The fourth-order valence-electron chi connectivity index (χ4n) is 2.66. The number of carbonyl (C=O) groups excluding carboxylic acids is 3. The van der Waals surface area contributed by atoms with Crippen LogP contribution in [0.2, 0.25) is 0 Å². The summed E-state index contributed by atoms with van der Waals surface area (Å²) in [5, 5.41) is 2.79. The van der Waals surface area contributed by atoms with Crippen LogP contribution in [0.3, 0.4) is 0 Å². The highest BCUT2D eigenvalue weighted by Crippen LogP contribution is 2.16. The highest BCUT2D eigenvalue weighted by Gasteiger charge is 2.15. The highest BCUT2D eigenvalue weighted by atomic mass is 16.5. The lowest BCUT2D eigenvalue weighted by atomic mass is 10.1. The SMILES string of the molecule is CCOc1ccc(/C=C/C(=O)OCC(=O)N(C)CC(=O)Nc2cc(C)ccc2C)cc1. The minimum absolute atomic E-state index is 0.147. The maximum absolute atomic E-state index is 12.2. The predicted molar refractivity (Wildman–Crippen MR) is 120 cm³/mol. The van der Waals surface area contributed by atoms with E-state index in [4.69, 9.17) is 9.47 Å². The molecule has 7 nitrogen and oxygen atoms in total. The third-order valence-electron chi connectivity index (χ3n) is 4.41. The van der Waals surface area contributed by atoms with E-state index in [1.165, 1.54) is 18.0 Å². The topological polar surface area (TPSA) is 84.9 Å². The summed E-state index contributed by atoms with van der Waals surface area (Å²) in [5.74, 6) is -0.696. The lowest BCUT2D eigenvalue weighted by molar-refractivity contribution is -0.148. The van der Waals surface area contributed by atoms with Gasteiger partial charge in [-0.25, -0.2) is 4.79 Å². The maximum Gasteiger partial charge on any atom is 0.331 e. The van der Waals surface area contributed by atoms with Gasteiger partial charge in [-0.3, -0.25) is 9.59 Å². The summed E-state index contributed by atoms with van der Waals surface area (Å²) >= 11 is 0. The van der Waals surface area contributed by atoms with E-state index >= 15 is 0 Å². The van der Waals surface area contributed by atoms with Crippen molar-refractivity contribution in [1.82, 2.24) is 4.90 Å². The molecule has 0 aliphatic heterocycles. The molecule has 0 radical (unpaired) electrons. The molecule has 0 fully saturated rings. The quantitative estimate of drug-likeness (QED) is 0.493. The Balaban J connectivity index is 1.78. The van der Waals surface area contributed by atoms with Gasteiger partial charge in [-0.1, -0.05) is 24.3 Å². The lowest BCUT2D eigenvalue weighted by Crippen LogP contribution is -2.37. The van der Waals surface area contributed by atoms with E-state index in [9.17, 15) is 14.4 Å². The number of aryl methyl sites for hydroxylation is 2. The number of rotatable bonds is 9. The van der Waals surface area contributed by atoms with Crippen molar-refractivity contribution >= 4 is 29.5 Å². The van der Waals surface area contributed by atoms with Crippen LogP contribution >= 0.6 is 0 Å². The molecule has 2 aromatic rings. The van der Waals surface area contributed by atoms with Gasteiger partial charge in [-0.05, 0) is 61.7 Å². The molecule has 31 heavy (non-hydrogen) atoms. The van der Waals surface area contributed by atoms with E-state index < -0.39 is 18.5 Å². The van der Waals surface area contributed by atoms with E-state index in [2.05, 4.69) is 5.32 Å². The van der Waals surface area contributed by atoms with Crippen LogP contribution in [0.25, 0.3) is 6.08 Å². The first-order chi connectivity index (χ1) is 14.8. The molecule has 1 N–H and O–H groups in total.